The number of hydrogen-bond acceptors (Lipinski definition) is 10. The molecule has 0 saturated heterocycles. The third-order valence-electron chi connectivity index (χ3n) is 5.72. The molecular formula is C25H40N8O3. The monoisotopic (exact) mass is 500 g/mol. The number of nitrogens with zero attached hydrogens (tertiary/aromatic N) is 3. The summed E-state index contributed by atoms with van der Waals surface area (Å²) in [6.07, 6.45) is 5.68. The maximum Gasteiger partial charge on any atom is 0.251 e. The molecule has 0 unspecified atom stereocenters. The zero-order chi connectivity index (χ0) is 25.4. The summed E-state index contributed by atoms with van der Waals surface area (Å²) in [5.41, 5.74) is 6.97. The van der Waals surface area contributed by atoms with Crippen molar-refractivity contribution in [3.63, 3.8) is 0 Å². The number of aromatic nitrogens is 3. The molecule has 1 fully saturated rings. The van der Waals surface area contributed by atoms with Crippen LogP contribution in [0, 0.1) is 0 Å². The van der Waals surface area contributed by atoms with Gasteiger partial charge in [0, 0.05) is 37.8 Å². The van der Waals surface area contributed by atoms with E-state index in [4.69, 9.17) is 15.2 Å². The number of carbonyl (C=O) groups excluding carboxylic acids is 1. The highest BCUT2D eigenvalue weighted by molar-refractivity contribution is 5.94. The van der Waals surface area contributed by atoms with Crippen LogP contribution in [0.1, 0.15) is 54.9 Å². The normalized spacial score (nSPS) is 13.2. The Balaban J connectivity index is 1.44. The molecule has 0 atom stereocenters. The van der Waals surface area contributed by atoms with E-state index in [2.05, 4.69) is 43.1 Å². The topological polar surface area (TPSA) is 148 Å². The van der Waals surface area contributed by atoms with Gasteiger partial charge in [-0.05, 0) is 43.4 Å². The van der Waals surface area contributed by atoms with Crippen molar-refractivity contribution in [3.05, 3.63) is 35.4 Å². The van der Waals surface area contributed by atoms with Crippen LogP contribution in [0.15, 0.2) is 24.3 Å². The molecule has 0 radical (unpaired) electrons. The van der Waals surface area contributed by atoms with Crippen molar-refractivity contribution in [3.8, 4) is 0 Å². The van der Waals surface area contributed by atoms with Gasteiger partial charge in [0.1, 0.15) is 0 Å². The van der Waals surface area contributed by atoms with E-state index in [0.29, 0.717) is 75.5 Å². The van der Waals surface area contributed by atoms with E-state index >= 15 is 0 Å². The molecule has 3 rings (SSSR count). The van der Waals surface area contributed by atoms with Crippen LogP contribution in [0.4, 0.5) is 17.8 Å². The summed E-state index contributed by atoms with van der Waals surface area (Å²) < 4.78 is 10.7. The van der Waals surface area contributed by atoms with Gasteiger partial charge in [-0.2, -0.15) is 15.0 Å². The van der Waals surface area contributed by atoms with Gasteiger partial charge in [-0.1, -0.05) is 25.5 Å². The molecule has 0 bridgehead atoms. The third-order valence-corrected chi connectivity index (χ3v) is 5.72. The summed E-state index contributed by atoms with van der Waals surface area (Å²) >= 11 is 0. The van der Waals surface area contributed by atoms with Gasteiger partial charge in [-0.15, -0.1) is 0 Å². The SMILES string of the molecule is CCCCNc1nc(NCc2ccc(C(=O)NCCOCCOCCN)cc2)nc(NC2CCC2)n1. The predicted octanol–water partition coefficient (Wildman–Crippen LogP) is 2.38. The number of nitrogens with one attached hydrogen (secondary N) is 4. The van der Waals surface area contributed by atoms with Crippen molar-refractivity contribution in [2.75, 3.05) is 62.0 Å². The first-order chi connectivity index (χ1) is 17.7. The number of unbranched alkanes of at least 4 members (excludes halogenated alkanes) is 1. The first kappa shape index (κ1) is 27.6. The molecule has 1 amide bonds. The molecule has 36 heavy (non-hydrogen) atoms. The Labute approximate surface area is 213 Å². The van der Waals surface area contributed by atoms with E-state index in [0.717, 1.165) is 37.8 Å². The number of benzene rings is 1. The molecule has 198 valence electrons. The van der Waals surface area contributed by atoms with Crippen LogP contribution < -0.4 is 27.0 Å². The van der Waals surface area contributed by atoms with Gasteiger partial charge in [0.05, 0.1) is 26.4 Å². The Morgan fingerprint density at radius 3 is 2.31 bits per heavy atom. The summed E-state index contributed by atoms with van der Waals surface area (Å²) in [4.78, 5) is 25.9. The summed E-state index contributed by atoms with van der Waals surface area (Å²) in [5.74, 6) is 1.54. The van der Waals surface area contributed by atoms with Gasteiger partial charge in [-0.3, -0.25) is 4.79 Å². The quantitative estimate of drug-likeness (QED) is 0.193. The second-order valence-corrected chi connectivity index (χ2v) is 8.68. The van der Waals surface area contributed by atoms with E-state index in [1.807, 2.05) is 24.3 Å². The molecule has 0 aliphatic heterocycles. The highest BCUT2D eigenvalue weighted by Crippen LogP contribution is 2.22. The van der Waals surface area contributed by atoms with E-state index in [1.54, 1.807) is 0 Å². The first-order valence-corrected chi connectivity index (χ1v) is 12.9. The Morgan fingerprint density at radius 2 is 1.64 bits per heavy atom. The molecule has 1 aliphatic carbocycles. The van der Waals surface area contributed by atoms with Crippen LogP contribution in [0.3, 0.4) is 0 Å². The Bertz CT molecular complexity index is 909. The number of rotatable bonds is 18. The summed E-state index contributed by atoms with van der Waals surface area (Å²) in [7, 11) is 0. The lowest BCUT2D eigenvalue weighted by molar-refractivity contribution is 0.0511. The molecule has 1 aromatic heterocycles. The number of ether oxygens (including phenoxy) is 2. The van der Waals surface area contributed by atoms with Crippen molar-refractivity contribution in [1.82, 2.24) is 20.3 Å². The van der Waals surface area contributed by atoms with Gasteiger partial charge in [0.2, 0.25) is 17.8 Å². The third kappa shape index (κ3) is 9.92. The maximum absolute atomic E-state index is 12.3. The zero-order valence-electron chi connectivity index (χ0n) is 21.2. The number of carbonyl (C=O) groups is 1. The molecule has 11 heteroatoms. The zero-order valence-corrected chi connectivity index (χ0v) is 21.2. The maximum atomic E-state index is 12.3. The highest BCUT2D eigenvalue weighted by Gasteiger charge is 2.19. The lowest BCUT2D eigenvalue weighted by Crippen LogP contribution is -2.28. The molecule has 1 saturated carbocycles. The lowest BCUT2D eigenvalue weighted by atomic mass is 9.93. The molecular weight excluding hydrogens is 460 g/mol. The molecule has 1 heterocycles. The molecule has 0 spiro atoms. The largest absolute Gasteiger partial charge is 0.378 e. The van der Waals surface area contributed by atoms with E-state index in [-0.39, 0.29) is 5.91 Å². The molecule has 2 aromatic rings. The fraction of sp³-hybridized carbons (Fsp3) is 0.600. The Morgan fingerprint density at radius 1 is 0.944 bits per heavy atom. The van der Waals surface area contributed by atoms with Gasteiger partial charge >= 0.3 is 0 Å². The van der Waals surface area contributed by atoms with Crippen LogP contribution in [0.25, 0.3) is 0 Å². The fourth-order valence-corrected chi connectivity index (χ4v) is 3.41. The second kappa shape index (κ2) is 15.9. The highest BCUT2D eigenvalue weighted by atomic mass is 16.5. The lowest BCUT2D eigenvalue weighted by Gasteiger charge is -2.26. The second-order valence-electron chi connectivity index (χ2n) is 8.68. The van der Waals surface area contributed by atoms with Gasteiger partial charge < -0.3 is 36.5 Å². The number of amides is 1. The number of hydrogen-bond donors (Lipinski definition) is 5. The van der Waals surface area contributed by atoms with Crippen LogP contribution >= 0.6 is 0 Å². The average molecular weight is 501 g/mol. The minimum atomic E-state index is -0.135. The van der Waals surface area contributed by atoms with Crippen molar-refractivity contribution in [2.45, 2.75) is 51.6 Å². The minimum Gasteiger partial charge on any atom is -0.378 e. The van der Waals surface area contributed by atoms with E-state index in [9.17, 15) is 4.79 Å². The summed E-state index contributed by atoms with van der Waals surface area (Å²) in [5, 5.41) is 12.8. The fourth-order valence-electron chi connectivity index (χ4n) is 3.41. The summed E-state index contributed by atoms with van der Waals surface area (Å²) in [6, 6.07) is 7.89. The molecule has 1 aromatic carbocycles. The molecule has 11 nitrogen and oxygen atoms in total. The van der Waals surface area contributed by atoms with Gasteiger partial charge in [-0.25, -0.2) is 0 Å². The summed E-state index contributed by atoms with van der Waals surface area (Å²) in [6.45, 7) is 6.37. The number of nitrogens with two attached hydrogens (primary N) is 1. The molecule has 6 N–H and O–H groups in total. The first-order valence-electron chi connectivity index (χ1n) is 12.9. The minimum absolute atomic E-state index is 0.135. The standard InChI is InChI=1S/C25H40N8O3/c1-2-3-12-28-23-31-24(33-25(32-23)30-21-5-4-6-21)29-18-19-7-9-20(10-8-19)22(34)27-13-15-36-17-16-35-14-11-26/h7-10,21H,2-6,11-18,26H2,1H3,(H,27,34)(H3,28,29,30,31,32,33). The Kier molecular flexibility index (Phi) is 12.2. The predicted molar refractivity (Wildman–Crippen MR) is 141 cm³/mol. The van der Waals surface area contributed by atoms with Crippen molar-refractivity contribution >= 4 is 23.8 Å². The van der Waals surface area contributed by atoms with Crippen LogP contribution in [0.2, 0.25) is 0 Å². The van der Waals surface area contributed by atoms with Crippen molar-refractivity contribution in [2.24, 2.45) is 5.73 Å². The smallest absolute Gasteiger partial charge is 0.251 e. The van der Waals surface area contributed by atoms with Crippen molar-refractivity contribution in [1.29, 1.82) is 0 Å². The van der Waals surface area contributed by atoms with Gasteiger partial charge in [0.15, 0.2) is 0 Å². The van der Waals surface area contributed by atoms with Crippen molar-refractivity contribution < 1.29 is 14.3 Å². The average Bonchev–Trinajstić information content (AvgIpc) is 2.87. The van der Waals surface area contributed by atoms with Crippen LogP contribution in [-0.2, 0) is 16.0 Å². The number of anilines is 3. The van der Waals surface area contributed by atoms with E-state index < -0.39 is 0 Å². The van der Waals surface area contributed by atoms with E-state index in [1.165, 1.54) is 6.42 Å². The van der Waals surface area contributed by atoms with Crippen LogP contribution in [0.5, 0.6) is 0 Å². The van der Waals surface area contributed by atoms with Gasteiger partial charge in [0.25, 0.3) is 5.91 Å². The molecule has 1 aliphatic rings. The Hall–Kier alpha value is -3.02. The van der Waals surface area contributed by atoms with Crippen LogP contribution in [-0.4, -0.2) is 73.0 Å².